The average Bonchev–Trinajstić information content (AvgIpc) is 2.25. The molecule has 1 aliphatic rings. The number of nitrogens with zero attached hydrogens (tertiary/aromatic N) is 3. The fraction of sp³-hybridized carbons (Fsp3) is 0.615. The second-order valence-electron chi connectivity index (χ2n) is 6.11. The third-order valence-electron chi connectivity index (χ3n) is 2.96. The summed E-state index contributed by atoms with van der Waals surface area (Å²) in [5, 5.41) is 10.6. The lowest BCUT2D eigenvalue weighted by Gasteiger charge is -2.47. The highest BCUT2D eigenvalue weighted by molar-refractivity contribution is 5.44. The summed E-state index contributed by atoms with van der Waals surface area (Å²) in [6, 6.07) is 3.17. The molecule has 2 rings (SSSR count). The Balaban J connectivity index is 2.23. The van der Waals surface area contributed by atoms with Crippen LogP contribution in [0.2, 0.25) is 0 Å². The van der Waals surface area contributed by atoms with Gasteiger partial charge in [-0.3, -0.25) is 10.1 Å². The highest BCUT2D eigenvalue weighted by atomic mass is 16.6. The van der Waals surface area contributed by atoms with Crippen LogP contribution in [-0.4, -0.2) is 34.2 Å². The van der Waals surface area contributed by atoms with Crippen LogP contribution in [0.25, 0.3) is 0 Å². The minimum atomic E-state index is -0.441. The molecule has 0 aromatic carbocycles. The Morgan fingerprint density at radius 2 is 1.84 bits per heavy atom. The lowest BCUT2D eigenvalue weighted by molar-refractivity contribution is -0.385. The van der Waals surface area contributed by atoms with E-state index in [2.05, 4.69) is 9.88 Å². The monoisotopic (exact) mass is 265 g/mol. The van der Waals surface area contributed by atoms with Gasteiger partial charge in [0.1, 0.15) is 12.0 Å². The predicted octanol–water partition coefficient (Wildman–Crippen LogP) is 2.38. The molecule has 0 amide bonds. The second kappa shape index (κ2) is 4.45. The number of hydrogen-bond acceptors (Lipinski definition) is 5. The van der Waals surface area contributed by atoms with Crippen LogP contribution in [0.4, 0.5) is 11.5 Å². The van der Waals surface area contributed by atoms with Crippen molar-refractivity contribution in [2.75, 3.05) is 18.0 Å². The van der Waals surface area contributed by atoms with Crippen molar-refractivity contribution in [1.82, 2.24) is 4.98 Å². The number of nitro groups is 1. The van der Waals surface area contributed by atoms with Crippen molar-refractivity contribution in [1.29, 1.82) is 0 Å². The molecule has 0 bridgehead atoms. The molecule has 6 heteroatoms. The second-order valence-corrected chi connectivity index (χ2v) is 6.11. The molecule has 0 saturated carbocycles. The van der Waals surface area contributed by atoms with Crippen molar-refractivity contribution < 1.29 is 9.66 Å². The SMILES string of the molecule is CC1(C)CN(c2ccc([N+](=O)[O-])cn2)CC(C)(C)O1. The van der Waals surface area contributed by atoms with Crippen molar-refractivity contribution in [3.05, 3.63) is 28.4 Å². The third-order valence-corrected chi connectivity index (χ3v) is 2.96. The molecular formula is C13H19N3O3. The fourth-order valence-electron chi connectivity index (χ4n) is 2.62. The first-order chi connectivity index (χ1) is 8.69. The van der Waals surface area contributed by atoms with Gasteiger partial charge in [-0.15, -0.1) is 0 Å². The molecule has 1 aliphatic heterocycles. The van der Waals surface area contributed by atoms with Gasteiger partial charge in [-0.2, -0.15) is 0 Å². The van der Waals surface area contributed by atoms with E-state index >= 15 is 0 Å². The van der Waals surface area contributed by atoms with Gasteiger partial charge in [-0.05, 0) is 33.8 Å². The first kappa shape index (κ1) is 13.7. The molecule has 0 N–H and O–H groups in total. The van der Waals surface area contributed by atoms with E-state index in [0.29, 0.717) is 13.1 Å². The maximum atomic E-state index is 10.6. The van der Waals surface area contributed by atoms with Gasteiger partial charge in [0.25, 0.3) is 5.69 Å². The predicted molar refractivity (Wildman–Crippen MR) is 72.3 cm³/mol. The van der Waals surface area contributed by atoms with Crippen LogP contribution >= 0.6 is 0 Å². The van der Waals surface area contributed by atoms with Crippen molar-refractivity contribution in [3.8, 4) is 0 Å². The topological polar surface area (TPSA) is 68.5 Å². The van der Waals surface area contributed by atoms with E-state index in [4.69, 9.17) is 4.74 Å². The summed E-state index contributed by atoms with van der Waals surface area (Å²) in [5.74, 6) is 0.745. The Kier molecular flexibility index (Phi) is 3.22. The molecule has 0 aliphatic carbocycles. The van der Waals surface area contributed by atoms with Crippen LogP contribution in [-0.2, 0) is 4.74 Å². The van der Waals surface area contributed by atoms with Gasteiger partial charge < -0.3 is 9.64 Å². The summed E-state index contributed by atoms with van der Waals surface area (Å²) in [7, 11) is 0. The Hall–Kier alpha value is -1.69. The summed E-state index contributed by atoms with van der Waals surface area (Å²) in [4.78, 5) is 16.5. The highest BCUT2D eigenvalue weighted by Gasteiger charge is 2.38. The highest BCUT2D eigenvalue weighted by Crippen LogP contribution is 2.30. The first-order valence-electron chi connectivity index (χ1n) is 6.24. The van der Waals surface area contributed by atoms with E-state index in [0.717, 1.165) is 5.82 Å². The molecule has 1 saturated heterocycles. The summed E-state index contributed by atoms with van der Waals surface area (Å²) in [5.41, 5.74) is -0.535. The molecule has 19 heavy (non-hydrogen) atoms. The number of rotatable bonds is 2. The lowest BCUT2D eigenvalue weighted by Crippen LogP contribution is -2.57. The Morgan fingerprint density at radius 1 is 1.26 bits per heavy atom. The number of pyridine rings is 1. The standard InChI is InChI=1S/C13H19N3O3/c1-12(2)8-15(9-13(3,4)19-12)11-6-5-10(7-14-11)16(17)18/h5-7H,8-9H2,1-4H3. The number of hydrogen-bond donors (Lipinski definition) is 0. The van der Waals surface area contributed by atoms with Crippen LogP contribution in [0.15, 0.2) is 18.3 Å². The maximum absolute atomic E-state index is 10.6. The molecule has 0 unspecified atom stereocenters. The minimum Gasteiger partial charge on any atom is -0.366 e. The zero-order valence-electron chi connectivity index (χ0n) is 11.7. The maximum Gasteiger partial charge on any atom is 0.287 e. The molecule has 6 nitrogen and oxygen atoms in total. The number of ether oxygens (including phenoxy) is 1. The quantitative estimate of drug-likeness (QED) is 0.606. The Labute approximate surface area is 112 Å². The lowest BCUT2D eigenvalue weighted by atomic mass is 9.99. The largest absolute Gasteiger partial charge is 0.366 e. The molecule has 1 aromatic rings. The van der Waals surface area contributed by atoms with Gasteiger partial charge in [0.2, 0.25) is 0 Å². The number of aromatic nitrogens is 1. The number of morpholine rings is 1. The molecule has 1 fully saturated rings. The van der Waals surface area contributed by atoms with E-state index in [9.17, 15) is 10.1 Å². The van der Waals surface area contributed by atoms with Crippen LogP contribution in [0.1, 0.15) is 27.7 Å². The van der Waals surface area contributed by atoms with Gasteiger partial charge in [-0.25, -0.2) is 4.98 Å². The Morgan fingerprint density at radius 3 is 2.26 bits per heavy atom. The van der Waals surface area contributed by atoms with E-state index in [1.54, 1.807) is 6.07 Å². The summed E-state index contributed by atoms with van der Waals surface area (Å²) >= 11 is 0. The Bertz CT molecular complexity index is 466. The molecule has 0 radical (unpaired) electrons. The van der Waals surface area contributed by atoms with Gasteiger partial charge in [0.05, 0.1) is 16.1 Å². The van der Waals surface area contributed by atoms with E-state index < -0.39 is 4.92 Å². The molecule has 0 atom stereocenters. The molecule has 2 heterocycles. The summed E-state index contributed by atoms with van der Waals surface area (Å²) < 4.78 is 6.00. The van der Waals surface area contributed by atoms with Crippen LogP contribution in [0, 0.1) is 10.1 Å². The van der Waals surface area contributed by atoms with Crippen LogP contribution in [0.5, 0.6) is 0 Å². The zero-order valence-corrected chi connectivity index (χ0v) is 11.7. The molecule has 0 spiro atoms. The minimum absolute atomic E-state index is 0.00975. The van der Waals surface area contributed by atoms with Gasteiger partial charge in [0.15, 0.2) is 0 Å². The fourth-order valence-corrected chi connectivity index (χ4v) is 2.62. The van der Waals surface area contributed by atoms with Crippen molar-refractivity contribution >= 4 is 11.5 Å². The van der Waals surface area contributed by atoms with E-state index in [1.807, 2.05) is 27.7 Å². The van der Waals surface area contributed by atoms with Crippen LogP contribution in [0.3, 0.4) is 0 Å². The van der Waals surface area contributed by atoms with Gasteiger partial charge >= 0.3 is 0 Å². The summed E-state index contributed by atoms with van der Waals surface area (Å²) in [6.45, 7) is 9.56. The smallest absolute Gasteiger partial charge is 0.287 e. The summed E-state index contributed by atoms with van der Waals surface area (Å²) in [6.07, 6.45) is 1.30. The van der Waals surface area contributed by atoms with Crippen molar-refractivity contribution in [3.63, 3.8) is 0 Å². The van der Waals surface area contributed by atoms with E-state index in [-0.39, 0.29) is 16.9 Å². The van der Waals surface area contributed by atoms with E-state index in [1.165, 1.54) is 12.3 Å². The first-order valence-corrected chi connectivity index (χ1v) is 6.24. The van der Waals surface area contributed by atoms with Crippen LogP contribution < -0.4 is 4.90 Å². The number of anilines is 1. The molecule has 104 valence electrons. The molecule has 1 aromatic heterocycles. The molecular weight excluding hydrogens is 246 g/mol. The van der Waals surface area contributed by atoms with Crippen molar-refractivity contribution in [2.45, 2.75) is 38.9 Å². The zero-order chi connectivity index (χ0) is 14.3. The third kappa shape index (κ3) is 3.20. The van der Waals surface area contributed by atoms with Gasteiger partial charge in [0, 0.05) is 19.2 Å². The van der Waals surface area contributed by atoms with Crippen molar-refractivity contribution in [2.24, 2.45) is 0 Å². The normalized spacial score (nSPS) is 21.2. The van der Waals surface area contributed by atoms with Gasteiger partial charge in [-0.1, -0.05) is 0 Å². The average molecular weight is 265 g/mol.